The molecule has 2 amide bonds. The van der Waals surface area contributed by atoms with E-state index in [4.69, 9.17) is 0 Å². The first kappa shape index (κ1) is 18.5. The van der Waals surface area contributed by atoms with Gasteiger partial charge in [0.15, 0.2) is 0 Å². The van der Waals surface area contributed by atoms with E-state index >= 15 is 0 Å². The molecular formula is C19H28N2O3. The lowest BCUT2D eigenvalue weighted by Gasteiger charge is -2.30. The minimum absolute atomic E-state index is 0.0653. The topological polar surface area (TPSA) is 69.6 Å². The van der Waals surface area contributed by atoms with E-state index in [0.29, 0.717) is 25.9 Å². The predicted octanol–water partition coefficient (Wildman–Crippen LogP) is 2.27. The summed E-state index contributed by atoms with van der Waals surface area (Å²) in [4.78, 5) is 26.0. The Morgan fingerprint density at radius 3 is 2.75 bits per heavy atom. The summed E-state index contributed by atoms with van der Waals surface area (Å²) in [5.41, 5.74) is 1.93. The number of hydrogen-bond acceptors (Lipinski definition) is 3. The lowest BCUT2D eigenvalue weighted by molar-refractivity contribution is -0.121. The van der Waals surface area contributed by atoms with Crippen LogP contribution in [0.2, 0.25) is 0 Å². The average molecular weight is 332 g/mol. The van der Waals surface area contributed by atoms with Crippen molar-refractivity contribution in [2.24, 2.45) is 5.41 Å². The fourth-order valence-electron chi connectivity index (χ4n) is 3.25. The van der Waals surface area contributed by atoms with Gasteiger partial charge in [0, 0.05) is 31.6 Å². The van der Waals surface area contributed by atoms with Crippen LogP contribution in [0.3, 0.4) is 0 Å². The molecule has 1 aromatic carbocycles. The summed E-state index contributed by atoms with van der Waals surface area (Å²) < 4.78 is 0. The van der Waals surface area contributed by atoms with Gasteiger partial charge in [-0.1, -0.05) is 32.0 Å². The number of benzene rings is 1. The Bertz CT molecular complexity index is 596. The zero-order chi connectivity index (χ0) is 17.7. The molecular weight excluding hydrogens is 304 g/mol. The Balaban J connectivity index is 1.87. The first-order chi connectivity index (χ1) is 11.3. The largest absolute Gasteiger partial charge is 0.393 e. The van der Waals surface area contributed by atoms with Crippen molar-refractivity contribution in [1.29, 1.82) is 0 Å². The molecule has 1 unspecified atom stereocenters. The number of amides is 2. The average Bonchev–Trinajstić information content (AvgIpc) is 2.51. The van der Waals surface area contributed by atoms with Crippen LogP contribution in [0, 0.1) is 5.41 Å². The number of nitrogens with zero attached hydrogens (tertiary/aromatic N) is 1. The van der Waals surface area contributed by atoms with Gasteiger partial charge in [0.25, 0.3) is 0 Å². The second-order valence-corrected chi connectivity index (χ2v) is 7.42. The molecule has 132 valence electrons. The number of nitrogens with one attached hydrogen (secondary N) is 1. The molecule has 0 bridgehead atoms. The predicted molar refractivity (Wildman–Crippen MR) is 94.8 cm³/mol. The maximum absolute atomic E-state index is 12.2. The van der Waals surface area contributed by atoms with Gasteiger partial charge in [-0.25, -0.2) is 0 Å². The fourth-order valence-corrected chi connectivity index (χ4v) is 3.25. The second-order valence-electron chi connectivity index (χ2n) is 7.42. The summed E-state index contributed by atoms with van der Waals surface area (Å²) in [7, 11) is 0. The summed E-state index contributed by atoms with van der Waals surface area (Å²) >= 11 is 0. The third kappa shape index (κ3) is 5.06. The van der Waals surface area contributed by atoms with Crippen LogP contribution in [0.5, 0.6) is 0 Å². The van der Waals surface area contributed by atoms with Gasteiger partial charge in [-0.2, -0.15) is 0 Å². The number of anilines is 1. The number of fused-ring (bicyclic) bond motifs is 1. The maximum atomic E-state index is 12.2. The number of carbonyl (C=O) groups is 2. The van der Waals surface area contributed by atoms with Gasteiger partial charge >= 0.3 is 0 Å². The molecule has 1 aliphatic rings. The summed E-state index contributed by atoms with van der Waals surface area (Å²) in [6.07, 6.45) is 1.79. The standard InChI is InChI=1S/C19H28N2O3/c1-14(22)12-19(2,3)13-20-17(23)10-11-21-16-7-5-4-6-15(16)8-9-18(21)24/h4-7,14,22H,8-13H2,1-3H3,(H,20,23). The van der Waals surface area contributed by atoms with Crippen molar-refractivity contribution in [3.63, 3.8) is 0 Å². The number of para-hydroxylation sites is 1. The number of carbonyl (C=O) groups excluding carboxylic acids is 2. The van der Waals surface area contributed by atoms with Crippen molar-refractivity contribution in [1.82, 2.24) is 5.32 Å². The smallest absolute Gasteiger partial charge is 0.227 e. The summed E-state index contributed by atoms with van der Waals surface area (Å²) in [5.74, 6) is 0.0143. The molecule has 5 heteroatoms. The number of rotatable bonds is 7. The molecule has 0 spiro atoms. The molecule has 0 aliphatic carbocycles. The fraction of sp³-hybridized carbons (Fsp3) is 0.579. The minimum Gasteiger partial charge on any atom is -0.393 e. The molecule has 1 heterocycles. The van der Waals surface area contributed by atoms with Crippen molar-refractivity contribution < 1.29 is 14.7 Å². The molecule has 24 heavy (non-hydrogen) atoms. The molecule has 2 rings (SSSR count). The highest BCUT2D eigenvalue weighted by molar-refractivity contribution is 5.96. The van der Waals surface area contributed by atoms with Crippen LogP contribution in [0.15, 0.2) is 24.3 Å². The molecule has 1 aromatic rings. The van der Waals surface area contributed by atoms with E-state index < -0.39 is 0 Å². The van der Waals surface area contributed by atoms with Gasteiger partial charge in [-0.3, -0.25) is 9.59 Å². The highest BCUT2D eigenvalue weighted by Gasteiger charge is 2.25. The Labute approximate surface area is 144 Å². The molecule has 5 nitrogen and oxygen atoms in total. The summed E-state index contributed by atoms with van der Waals surface area (Å²) in [5, 5.41) is 12.4. The summed E-state index contributed by atoms with van der Waals surface area (Å²) in [6.45, 7) is 6.71. The van der Waals surface area contributed by atoms with E-state index in [1.807, 2.05) is 38.1 Å². The Morgan fingerprint density at radius 1 is 1.33 bits per heavy atom. The Morgan fingerprint density at radius 2 is 2.04 bits per heavy atom. The zero-order valence-electron chi connectivity index (χ0n) is 14.8. The molecule has 0 fully saturated rings. The van der Waals surface area contributed by atoms with Crippen LogP contribution in [0.1, 0.15) is 45.6 Å². The highest BCUT2D eigenvalue weighted by Crippen LogP contribution is 2.27. The van der Waals surface area contributed by atoms with Crippen molar-refractivity contribution in [3.8, 4) is 0 Å². The Hall–Kier alpha value is -1.88. The van der Waals surface area contributed by atoms with Gasteiger partial charge in [-0.15, -0.1) is 0 Å². The van der Waals surface area contributed by atoms with Crippen molar-refractivity contribution in [2.75, 3.05) is 18.0 Å². The van der Waals surface area contributed by atoms with Gasteiger partial charge in [0.2, 0.25) is 11.8 Å². The van der Waals surface area contributed by atoms with E-state index in [9.17, 15) is 14.7 Å². The Kier molecular flexibility index (Phi) is 5.99. The van der Waals surface area contributed by atoms with Crippen LogP contribution in [0.25, 0.3) is 0 Å². The summed E-state index contributed by atoms with van der Waals surface area (Å²) in [6, 6.07) is 7.87. The lowest BCUT2D eigenvalue weighted by Crippen LogP contribution is -2.40. The van der Waals surface area contributed by atoms with E-state index in [1.54, 1.807) is 11.8 Å². The lowest BCUT2D eigenvalue weighted by atomic mass is 9.87. The monoisotopic (exact) mass is 332 g/mol. The third-order valence-corrected chi connectivity index (χ3v) is 4.37. The van der Waals surface area contributed by atoms with Gasteiger partial charge in [-0.05, 0) is 36.8 Å². The SMILES string of the molecule is CC(O)CC(C)(C)CNC(=O)CCN1C(=O)CCc2ccccc21. The number of aliphatic hydroxyl groups excluding tert-OH is 1. The molecule has 0 radical (unpaired) electrons. The third-order valence-electron chi connectivity index (χ3n) is 4.37. The van der Waals surface area contributed by atoms with E-state index in [2.05, 4.69) is 5.32 Å². The van der Waals surface area contributed by atoms with E-state index in [1.165, 1.54) is 0 Å². The number of aliphatic hydroxyl groups is 1. The molecule has 0 saturated carbocycles. The molecule has 2 N–H and O–H groups in total. The van der Waals surface area contributed by atoms with Crippen LogP contribution in [-0.4, -0.2) is 36.1 Å². The maximum Gasteiger partial charge on any atom is 0.227 e. The van der Waals surface area contributed by atoms with Gasteiger partial charge < -0.3 is 15.3 Å². The van der Waals surface area contributed by atoms with Gasteiger partial charge in [0.1, 0.15) is 0 Å². The van der Waals surface area contributed by atoms with Crippen LogP contribution in [-0.2, 0) is 16.0 Å². The zero-order valence-corrected chi connectivity index (χ0v) is 14.8. The van der Waals surface area contributed by atoms with E-state index in [-0.39, 0.29) is 29.8 Å². The van der Waals surface area contributed by atoms with Crippen molar-refractivity contribution in [3.05, 3.63) is 29.8 Å². The normalized spacial score (nSPS) is 15.8. The molecule has 1 aliphatic heterocycles. The molecule has 0 saturated heterocycles. The quantitative estimate of drug-likeness (QED) is 0.805. The highest BCUT2D eigenvalue weighted by atomic mass is 16.3. The minimum atomic E-state index is -0.389. The number of hydrogen-bond donors (Lipinski definition) is 2. The second kappa shape index (κ2) is 7.79. The molecule has 0 aromatic heterocycles. The van der Waals surface area contributed by atoms with Gasteiger partial charge in [0.05, 0.1) is 6.10 Å². The van der Waals surface area contributed by atoms with Crippen LogP contribution in [0.4, 0.5) is 5.69 Å². The first-order valence-corrected chi connectivity index (χ1v) is 8.61. The number of aryl methyl sites for hydroxylation is 1. The van der Waals surface area contributed by atoms with Crippen molar-refractivity contribution >= 4 is 17.5 Å². The first-order valence-electron chi connectivity index (χ1n) is 8.61. The van der Waals surface area contributed by atoms with Crippen LogP contribution < -0.4 is 10.2 Å². The van der Waals surface area contributed by atoms with E-state index in [0.717, 1.165) is 17.7 Å². The van der Waals surface area contributed by atoms with Crippen LogP contribution >= 0.6 is 0 Å². The molecule has 1 atom stereocenters. The van der Waals surface area contributed by atoms with Crippen molar-refractivity contribution in [2.45, 2.75) is 52.6 Å².